The summed E-state index contributed by atoms with van der Waals surface area (Å²) in [6.07, 6.45) is 1.75. The Morgan fingerprint density at radius 1 is 1.21 bits per heavy atom. The minimum Gasteiger partial charge on any atom is -0.496 e. The van der Waals surface area contributed by atoms with Crippen LogP contribution in [0.25, 0.3) is 0 Å². The molecule has 0 saturated heterocycles. The first-order valence-corrected chi connectivity index (χ1v) is 8.93. The van der Waals surface area contributed by atoms with Gasteiger partial charge in [-0.25, -0.2) is 9.78 Å². The average Bonchev–Trinajstić information content (AvgIpc) is 3.17. The molecule has 1 aromatic carbocycles. The Labute approximate surface area is 188 Å². The van der Waals surface area contributed by atoms with E-state index >= 15 is 0 Å². The third-order valence-corrected chi connectivity index (χ3v) is 4.05. The Kier molecular flexibility index (Phi) is 9.41. The Balaban J connectivity index is 0.00000420. The van der Waals surface area contributed by atoms with Crippen LogP contribution in [0, 0.1) is 0 Å². The van der Waals surface area contributed by atoms with Crippen LogP contribution in [0.3, 0.4) is 0 Å². The summed E-state index contributed by atoms with van der Waals surface area (Å²) in [5.41, 5.74) is 1.17. The van der Waals surface area contributed by atoms with Gasteiger partial charge in [0.15, 0.2) is 5.96 Å². The molecule has 0 aliphatic heterocycles. The first-order chi connectivity index (χ1) is 13.3. The molecular weight excluding hydrogens is 487 g/mol. The number of hydrogen-bond acceptors (Lipinski definition) is 6. The molecule has 0 aliphatic rings. The highest BCUT2D eigenvalue weighted by Gasteiger charge is 2.19. The lowest BCUT2D eigenvalue weighted by Gasteiger charge is -2.14. The molecule has 0 unspecified atom stereocenters. The number of halogens is 1. The number of oxazole rings is 1. The van der Waals surface area contributed by atoms with Crippen molar-refractivity contribution >= 4 is 35.9 Å². The lowest BCUT2D eigenvalue weighted by Crippen LogP contribution is -2.36. The molecule has 0 aliphatic carbocycles. The van der Waals surface area contributed by atoms with Crippen LogP contribution in [0.15, 0.2) is 33.8 Å². The number of methoxy groups -OCH3 is 2. The Bertz CT molecular complexity index is 843. The maximum absolute atomic E-state index is 11.9. The van der Waals surface area contributed by atoms with Crippen molar-refractivity contribution in [2.75, 3.05) is 21.3 Å². The monoisotopic (exact) mass is 516 g/mol. The molecule has 0 fully saturated rings. The van der Waals surface area contributed by atoms with E-state index in [0.29, 0.717) is 36.3 Å². The first-order valence-electron chi connectivity index (χ1n) is 8.93. The van der Waals surface area contributed by atoms with E-state index in [4.69, 9.17) is 13.9 Å². The van der Waals surface area contributed by atoms with Gasteiger partial charge in [0.25, 0.3) is 0 Å². The number of carbonyl (C=O) groups excluding carboxylic acids is 1. The van der Waals surface area contributed by atoms with E-state index in [9.17, 15) is 4.79 Å². The number of nitrogens with one attached hydrogen (secondary N) is 2. The Hall–Kier alpha value is -2.30. The van der Waals surface area contributed by atoms with Crippen LogP contribution in [-0.4, -0.2) is 38.2 Å². The van der Waals surface area contributed by atoms with Crippen molar-refractivity contribution in [2.24, 2.45) is 4.99 Å². The van der Waals surface area contributed by atoms with Crippen molar-refractivity contribution in [3.8, 4) is 5.75 Å². The van der Waals surface area contributed by atoms with E-state index in [0.717, 1.165) is 11.3 Å². The third kappa shape index (κ3) is 6.91. The van der Waals surface area contributed by atoms with Gasteiger partial charge in [-0.1, -0.05) is 26.8 Å². The Morgan fingerprint density at radius 3 is 2.45 bits per heavy atom. The maximum atomic E-state index is 11.9. The van der Waals surface area contributed by atoms with Crippen LogP contribution < -0.4 is 15.4 Å². The number of benzene rings is 1. The standard InChI is InChI=1S/C20H28N4O4.HI/c1-20(2,3)16-11-22-17(28-16)12-24-19(21-4)23-10-13-7-8-15(26-5)14(9-13)18(25)27-6;/h7-9,11H,10,12H2,1-6H3,(H2,21,23,24);1H. The van der Waals surface area contributed by atoms with Crippen molar-refractivity contribution < 1.29 is 18.7 Å². The van der Waals surface area contributed by atoms with Crippen LogP contribution in [-0.2, 0) is 23.2 Å². The summed E-state index contributed by atoms with van der Waals surface area (Å²) in [5, 5.41) is 6.35. The van der Waals surface area contributed by atoms with Crippen molar-refractivity contribution in [1.29, 1.82) is 0 Å². The summed E-state index contributed by atoms with van der Waals surface area (Å²) >= 11 is 0. The number of hydrogen-bond donors (Lipinski definition) is 2. The number of aliphatic imine (C=N–C) groups is 1. The quantitative estimate of drug-likeness (QED) is 0.263. The molecule has 2 rings (SSSR count). The smallest absolute Gasteiger partial charge is 0.341 e. The molecule has 0 saturated carbocycles. The maximum Gasteiger partial charge on any atom is 0.341 e. The van der Waals surface area contributed by atoms with E-state index in [1.807, 2.05) is 6.07 Å². The summed E-state index contributed by atoms with van der Waals surface area (Å²) < 4.78 is 15.8. The number of carbonyl (C=O) groups is 1. The zero-order valence-corrected chi connectivity index (χ0v) is 20.0. The van der Waals surface area contributed by atoms with Crippen molar-refractivity contribution in [3.05, 3.63) is 47.2 Å². The fourth-order valence-corrected chi connectivity index (χ4v) is 2.44. The molecule has 0 radical (unpaired) electrons. The molecule has 0 amide bonds. The topological polar surface area (TPSA) is 98.0 Å². The molecule has 160 valence electrons. The molecule has 2 N–H and O–H groups in total. The van der Waals surface area contributed by atoms with Crippen LogP contribution in [0.5, 0.6) is 5.75 Å². The van der Waals surface area contributed by atoms with Crippen molar-refractivity contribution in [2.45, 2.75) is 39.3 Å². The van der Waals surface area contributed by atoms with Gasteiger partial charge >= 0.3 is 5.97 Å². The Morgan fingerprint density at radius 2 is 1.90 bits per heavy atom. The van der Waals surface area contributed by atoms with Gasteiger partial charge in [0.05, 0.1) is 27.0 Å². The van der Waals surface area contributed by atoms with Crippen molar-refractivity contribution in [1.82, 2.24) is 15.6 Å². The third-order valence-electron chi connectivity index (χ3n) is 4.05. The predicted molar refractivity (Wildman–Crippen MR) is 122 cm³/mol. The summed E-state index contributed by atoms with van der Waals surface area (Å²) in [6.45, 7) is 7.09. The summed E-state index contributed by atoms with van der Waals surface area (Å²) in [7, 11) is 4.53. The van der Waals surface area contributed by atoms with E-state index in [1.165, 1.54) is 14.2 Å². The van der Waals surface area contributed by atoms with E-state index in [-0.39, 0.29) is 29.4 Å². The molecule has 0 bridgehead atoms. The minimum atomic E-state index is -0.445. The van der Waals surface area contributed by atoms with Gasteiger partial charge in [0.1, 0.15) is 17.1 Å². The molecule has 29 heavy (non-hydrogen) atoms. The highest BCUT2D eigenvalue weighted by molar-refractivity contribution is 14.0. The largest absolute Gasteiger partial charge is 0.496 e. The summed E-state index contributed by atoms with van der Waals surface area (Å²) in [6, 6.07) is 5.34. The second-order valence-electron chi connectivity index (χ2n) is 7.17. The van der Waals surface area contributed by atoms with Gasteiger partial charge in [-0.15, -0.1) is 24.0 Å². The SMILES string of the molecule is CN=C(NCc1ccc(OC)c(C(=O)OC)c1)NCc1ncc(C(C)(C)C)o1.I. The number of aromatic nitrogens is 1. The second kappa shape index (κ2) is 11.0. The molecule has 0 spiro atoms. The number of nitrogens with zero attached hydrogens (tertiary/aromatic N) is 2. The first kappa shape index (κ1) is 24.7. The molecule has 2 aromatic rings. The molecular formula is C20H29IN4O4. The van der Waals surface area contributed by atoms with Gasteiger partial charge in [0, 0.05) is 19.0 Å². The highest BCUT2D eigenvalue weighted by Crippen LogP contribution is 2.22. The van der Waals surface area contributed by atoms with Crippen LogP contribution in [0.4, 0.5) is 0 Å². The van der Waals surface area contributed by atoms with Gasteiger partial charge in [-0.3, -0.25) is 4.99 Å². The fraction of sp³-hybridized carbons (Fsp3) is 0.450. The van der Waals surface area contributed by atoms with Crippen LogP contribution in [0.1, 0.15) is 48.3 Å². The van der Waals surface area contributed by atoms with Crippen LogP contribution >= 0.6 is 24.0 Å². The van der Waals surface area contributed by atoms with Gasteiger partial charge in [0.2, 0.25) is 5.89 Å². The zero-order valence-electron chi connectivity index (χ0n) is 17.7. The average molecular weight is 516 g/mol. The summed E-state index contributed by atoms with van der Waals surface area (Å²) in [4.78, 5) is 20.4. The number of guanidine groups is 1. The number of esters is 1. The minimum absolute atomic E-state index is 0. The van der Waals surface area contributed by atoms with E-state index in [2.05, 4.69) is 41.4 Å². The number of rotatable bonds is 6. The van der Waals surface area contributed by atoms with E-state index < -0.39 is 5.97 Å². The van der Waals surface area contributed by atoms with Gasteiger partial charge in [-0.05, 0) is 17.7 Å². The lowest BCUT2D eigenvalue weighted by molar-refractivity contribution is 0.0597. The number of ether oxygens (including phenoxy) is 2. The molecule has 0 atom stereocenters. The highest BCUT2D eigenvalue weighted by atomic mass is 127. The van der Waals surface area contributed by atoms with Gasteiger partial charge < -0.3 is 24.5 Å². The molecule has 9 heteroatoms. The fourth-order valence-electron chi connectivity index (χ4n) is 2.44. The lowest BCUT2D eigenvalue weighted by atomic mass is 9.94. The molecule has 8 nitrogen and oxygen atoms in total. The van der Waals surface area contributed by atoms with Crippen molar-refractivity contribution in [3.63, 3.8) is 0 Å². The molecule has 1 heterocycles. The predicted octanol–water partition coefficient (Wildman–Crippen LogP) is 3.25. The molecule has 1 aromatic heterocycles. The van der Waals surface area contributed by atoms with E-state index in [1.54, 1.807) is 25.4 Å². The van der Waals surface area contributed by atoms with Gasteiger partial charge in [-0.2, -0.15) is 0 Å². The zero-order chi connectivity index (χ0) is 20.7. The van der Waals surface area contributed by atoms with Crippen LogP contribution in [0.2, 0.25) is 0 Å². The normalized spacial score (nSPS) is 11.4. The second-order valence-corrected chi connectivity index (χ2v) is 7.17. The summed E-state index contributed by atoms with van der Waals surface area (Å²) in [5.74, 6) is 2.04.